The molecule has 1 saturated heterocycles. The Morgan fingerprint density at radius 1 is 1.20 bits per heavy atom. The summed E-state index contributed by atoms with van der Waals surface area (Å²) in [6.07, 6.45) is 0. The Morgan fingerprint density at radius 3 is 2.66 bits per heavy atom. The van der Waals surface area contributed by atoms with Crippen molar-refractivity contribution >= 4 is 11.8 Å². The number of nitrogens with zero attached hydrogens (tertiary/aromatic N) is 4. The number of anilines is 1. The molecule has 1 fully saturated rings. The van der Waals surface area contributed by atoms with Gasteiger partial charge in [0.25, 0.3) is 0 Å². The molecule has 2 unspecified atom stereocenters. The van der Waals surface area contributed by atoms with Crippen molar-refractivity contribution < 1.29 is 18.3 Å². The number of nitriles is 1. The highest BCUT2D eigenvalue weighted by molar-refractivity contribution is 5.90. The number of benzene rings is 2. The van der Waals surface area contributed by atoms with Gasteiger partial charge in [0.05, 0.1) is 18.3 Å². The van der Waals surface area contributed by atoms with Crippen molar-refractivity contribution in [1.82, 2.24) is 20.0 Å². The zero-order valence-electron chi connectivity index (χ0n) is 19.5. The summed E-state index contributed by atoms with van der Waals surface area (Å²) in [5.41, 5.74) is 2.04. The van der Waals surface area contributed by atoms with Gasteiger partial charge in [-0.15, -0.1) is 0 Å². The number of carbonyl (C=O) groups is 1. The predicted molar refractivity (Wildman–Crippen MR) is 126 cm³/mol. The molecule has 10 heteroatoms. The van der Waals surface area contributed by atoms with Gasteiger partial charge in [-0.25, -0.2) is 18.3 Å². The number of carbonyl (C=O) groups excluding carboxylic acids is 1. The van der Waals surface area contributed by atoms with Crippen LogP contribution in [0.15, 0.2) is 48.5 Å². The van der Waals surface area contributed by atoms with Gasteiger partial charge in [-0.2, -0.15) is 10.4 Å². The van der Waals surface area contributed by atoms with Gasteiger partial charge < -0.3 is 10.1 Å². The average Bonchev–Trinajstić information content (AvgIpc) is 3.40. The van der Waals surface area contributed by atoms with E-state index in [1.165, 1.54) is 10.7 Å². The summed E-state index contributed by atoms with van der Waals surface area (Å²) in [5, 5.41) is 19.6. The molecule has 2 heterocycles. The Bertz CT molecular complexity index is 1240. The summed E-state index contributed by atoms with van der Waals surface area (Å²) in [4.78, 5) is 15.2. The van der Waals surface area contributed by atoms with Crippen molar-refractivity contribution in [3.8, 4) is 11.8 Å². The second-order valence-electron chi connectivity index (χ2n) is 8.42. The lowest BCUT2D eigenvalue weighted by molar-refractivity contribution is 0.159. The Hall–Kier alpha value is -3.81. The minimum Gasteiger partial charge on any atom is -0.383 e. The van der Waals surface area contributed by atoms with Crippen LogP contribution in [0.2, 0.25) is 0 Å². The molecule has 1 aliphatic rings. The largest absolute Gasteiger partial charge is 0.383 e. The second kappa shape index (κ2) is 10.6. The quantitative estimate of drug-likeness (QED) is 0.539. The Morgan fingerprint density at radius 2 is 1.97 bits per heavy atom. The maximum absolute atomic E-state index is 14.0. The molecule has 8 nitrogen and oxygen atoms in total. The molecule has 182 valence electrons. The smallest absolute Gasteiger partial charge is 0.320 e. The molecular formula is C25H26F2N6O2. The molecule has 0 spiro atoms. The van der Waals surface area contributed by atoms with Gasteiger partial charge >= 0.3 is 6.03 Å². The van der Waals surface area contributed by atoms with Crippen molar-refractivity contribution in [3.63, 3.8) is 0 Å². The molecular weight excluding hydrogens is 454 g/mol. The molecule has 4 rings (SSSR count). The van der Waals surface area contributed by atoms with Gasteiger partial charge in [-0.3, -0.25) is 10.2 Å². The van der Waals surface area contributed by atoms with Crippen LogP contribution in [0.3, 0.4) is 0 Å². The SMILES string of the molecule is COCCN1CC(NC(=O)Nc2c(C)c(C#N)nn2-c2ccccc2)C(c2ccc(F)c(F)c2)C1. The third kappa shape index (κ3) is 5.31. The van der Waals surface area contributed by atoms with E-state index in [4.69, 9.17) is 4.74 Å². The van der Waals surface area contributed by atoms with Crippen LogP contribution in [-0.2, 0) is 4.74 Å². The fraction of sp³-hybridized carbons (Fsp3) is 0.320. The number of halogens is 2. The number of para-hydroxylation sites is 1. The summed E-state index contributed by atoms with van der Waals surface area (Å²) >= 11 is 0. The zero-order chi connectivity index (χ0) is 24.9. The van der Waals surface area contributed by atoms with E-state index in [1.807, 2.05) is 36.4 Å². The number of amides is 2. The first-order valence-electron chi connectivity index (χ1n) is 11.2. The van der Waals surface area contributed by atoms with Crippen molar-refractivity contribution in [2.24, 2.45) is 0 Å². The third-order valence-electron chi connectivity index (χ3n) is 6.16. The molecule has 3 aromatic rings. The van der Waals surface area contributed by atoms with Gasteiger partial charge in [0, 0.05) is 38.2 Å². The molecule has 0 bridgehead atoms. The molecule has 35 heavy (non-hydrogen) atoms. The topological polar surface area (TPSA) is 95.2 Å². The minimum atomic E-state index is -0.924. The van der Waals surface area contributed by atoms with E-state index < -0.39 is 17.7 Å². The van der Waals surface area contributed by atoms with E-state index in [0.717, 1.165) is 6.07 Å². The van der Waals surface area contributed by atoms with Gasteiger partial charge in [0.1, 0.15) is 11.9 Å². The first kappa shape index (κ1) is 24.3. The standard InChI is InChI=1S/C25H26F2N6O2/c1-16-22(13-28)31-33(18-6-4-3-5-7-18)24(16)30-25(34)29-23-15-32(10-11-35-2)14-19(23)17-8-9-20(26)21(27)12-17/h3-9,12,19,23H,10-11,14-15H2,1-2H3,(H2,29,30,34). The number of hydrogen-bond acceptors (Lipinski definition) is 5. The van der Waals surface area contributed by atoms with E-state index in [-0.39, 0.29) is 17.7 Å². The van der Waals surface area contributed by atoms with Crippen LogP contribution in [0.4, 0.5) is 19.4 Å². The third-order valence-corrected chi connectivity index (χ3v) is 6.16. The number of ether oxygens (including phenoxy) is 1. The van der Waals surface area contributed by atoms with Crippen molar-refractivity contribution in [1.29, 1.82) is 5.26 Å². The van der Waals surface area contributed by atoms with Crippen LogP contribution < -0.4 is 10.6 Å². The summed E-state index contributed by atoms with van der Waals surface area (Å²) in [6, 6.07) is 14.2. The van der Waals surface area contributed by atoms with Gasteiger partial charge in [0.2, 0.25) is 0 Å². The molecule has 0 radical (unpaired) electrons. The molecule has 2 amide bonds. The number of nitrogens with one attached hydrogen (secondary N) is 2. The minimum absolute atomic E-state index is 0.204. The number of urea groups is 1. The van der Waals surface area contributed by atoms with E-state index in [2.05, 4.69) is 20.6 Å². The predicted octanol–water partition coefficient (Wildman–Crippen LogP) is 3.57. The van der Waals surface area contributed by atoms with Crippen molar-refractivity contribution in [3.05, 3.63) is 77.0 Å². The lowest BCUT2D eigenvalue weighted by Crippen LogP contribution is -2.42. The first-order chi connectivity index (χ1) is 16.9. The molecule has 0 saturated carbocycles. The normalized spacial score (nSPS) is 17.8. The van der Waals surface area contributed by atoms with Crippen LogP contribution in [0.1, 0.15) is 22.7 Å². The second-order valence-corrected chi connectivity index (χ2v) is 8.42. The summed E-state index contributed by atoms with van der Waals surface area (Å²) in [7, 11) is 1.61. The maximum Gasteiger partial charge on any atom is 0.320 e. The summed E-state index contributed by atoms with van der Waals surface area (Å²) in [6.45, 7) is 3.93. The van der Waals surface area contributed by atoms with Crippen molar-refractivity contribution in [2.75, 3.05) is 38.7 Å². The van der Waals surface area contributed by atoms with E-state index in [1.54, 1.807) is 20.1 Å². The lowest BCUT2D eigenvalue weighted by atomic mass is 9.94. The van der Waals surface area contributed by atoms with E-state index in [0.29, 0.717) is 48.9 Å². The summed E-state index contributed by atoms with van der Waals surface area (Å²) in [5.74, 6) is -1.71. The first-order valence-corrected chi connectivity index (χ1v) is 11.2. The highest BCUT2D eigenvalue weighted by Crippen LogP contribution is 2.29. The summed E-state index contributed by atoms with van der Waals surface area (Å²) < 4.78 is 34.1. The van der Waals surface area contributed by atoms with Gasteiger partial charge in [-0.05, 0) is 36.8 Å². The Kier molecular flexibility index (Phi) is 7.39. The van der Waals surface area contributed by atoms with Gasteiger partial charge in [0.15, 0.2) is 17.3 Å². The molecule has 1 aliphatic heterocycles. The zero-order valence-corrected chi connectivity index (χ0v) is 19.5. The number of likely N-dealkylation sites (tertiary alicyclic amines) is 1. The molecule has 1 aromatic heterocycles. The number of methoxy groups -OCH3 is 1. The van der Waals surface area contributed by atoms with E-state index in [9.17, 15) is 18.8 Å². The van der Waals surface area contributed by atoms with Crippen LogP contribution in [0.25, 0.3) is 5.69 Å². The maximum atomic E-state index is 14.0. The van der Waals surface area contributed by atoms with Crippen LogP contribution in [-0.4, -0.2) is 60.1 Å². The number of rotatable bonds is 7. The average molecular weight is 481 g/mol. The Labute approximate surface area is 202 Å². The molecule has 0 aliphatic carbocycles. The van der Waals surface area contributed by atoms with Crippen molar-refractivity contribution in [2.45, 2.75) is 18.9 Å². The highest BCUT2D eigenvalue weighted by Gasteiger charge is 2.35. The molecule has 2 atom stereocenters. The molecule has 2 N–H and O–H groups in total. The monoisotopic (exact) mass is 480 g/mol. The Balaban J connectivity index is 1.56. The van der Waals surface area contributed by atoms with Gasteiger partial charge in [-0.1, -0.05) is 24.3 Å². The highest BCUT2D eigenvalue weighted by atomic mass is 19.2. The number of hydrogen-bond donors (Lipinski definition) is 2. The number of aromatic nitrogens is 2. The van der Waals surface area contributed by atoms with Crippen LogP contribution >= 0.6 is 0 Å². The fourth-order valence-electron chi connectivity index (χ4n) is 4.33. The lowest BCUT2D eigenvalue weighted by Gasteiger charge is -2.21. The molecule has 2 aromatic carbocycles. The van der Waals surface area contributed by atoms with E-state index >= 15 is 0 Å². The fourth-order valence-corrected chi connectivity index (χ4v) is 4.33. The van der Waals surface area contributed by atoms with Crippen LogP contribution in [0, 0.1) is 29.9 Å². The van der Waals surface area contributed by atoms with Crippen LogP contribution in [0.5, 0.6) is 0 Å².